The summed E-state index contributed by atoms with van der Waals surface area (Å²) in [7, 11) is 1.90. The molecular weight excluding hydrogens is 244 g/mol. The van der Waals surface area contributed by atoms with Crippen LogP contribution in [0.4, 0.5) is 0 Å². The number of amides is 1. The van der Waals surface area contributed by atoms with E-state index in [1.54, 1.807) is 0 Å². The van der Waals surface area contributed by atoms with E-state index in [1.807, 2.05) is 41.9 Å². The molecule has 0 radical (unpaired) electrons. The van der Waals surface area contributed by atoms with Crippen LogP contribution in [0.1, 0.15) is 12.8 Å². The number of carbonyl (C=O) groups excluding carboxylic acids is 1. The Bertz CT molecular complexity index is 379. The van der Waals surface area contributed by atoms with E-state index in [4.69, 9.17) is 0 Å². The maximum Gasteiger partial charge on any atom is 0.236 e. The third kappa shape index (κ3) is 4.35. The fourth-order valence-electron chi connectivity index (χ4n) is 1.74. The van der Waals surface area contributed by atoms with E-state index in [0.29, 0.717) is 12.6 Å². The van der Waals surface area contributed by atoms with Gasteiger partial charge < -0.3 is 10.2 Å². The third-order valence-electron chi connectivity index (χ3n) is 3.05. The number of rotatable bonds is 7. The Labute approximate surface area is 113 Å². The van der Waals surface area contributed by atoms with Crippen molar-refractivity contribution in [2.45, 2.75) is 23.8 Å². The predicted molar refractivity (Wildman–Crippen MR) is 75.8 cm³/mol. The Hall–Kier alpha value is -1.00. The highest BCUT2D eigenvalue weighted by Gasteiger charge is 2.28. The average Bonchev–Trinajstić information content (AvgIpc) is 3.23. The van der Waals surface area contributed by atoms with Gasteiger partial charge in [-0.25, -0.2) is 0 Å². The first kappa shape index (κ1) is 13.4. The van der Waals surface area contributed by atoms with Crippen molar-refractivity contribution in [3.05, 3.63) is 30.3 Å². The van der Waals surface area contributed by atoms with E-state index >= 15 is 0 Å². The third-order valence-corrected chi connectivity index (χ3v) is 4.07. The zero-order chi connectivity index (χ0) is 12.8. The summed E-state index contributed by atoms with van der Waals surface area (Å²) in [5.74, 6) is 1.20. The molecule has 0 aromatic heterocycles. The van der Waals surface area contributed by atoms with Crippen molar-refractivity contribution in [2.75, 3.05) is 25.9 Å². The molecule has 0 spiro atoms. The summed E-state index contributed by atoms with van der Waals surface area (Å²) in [6, 6.07) is 10.8. The summed E-state index contributed by atoms with van der Waals surface area (Å²) in [5.41, 5.74) is 0. The first-order valence-electron chi connectivity index (χ1n) is 6.41. The lowest BCUT2D eigenvalue weighted by atomic mass is 10.4. The maximum atomic E-state index is 11.7. The second kappa shape index (κ2) is 6.81. The molecule has 0 heterocycles. The van der Waals surface area contributed by atoms with E-state index in [2.05, 4.69) is 17.4 Å². The van der Waals surface area contributed by atoms with Crippen LogP contribution in [-0.2, 0) is 4.79 Å². The largest absolute Gasteiger partial charge is 0.342 e. The molecule has 0 saturated heterocycles. The molecule has 18 heavy (non-hydrogen) atoms. The second-order valence-corrected chi connectivity index (χ2v) is 5.74. The van der Waals surface area contributed by atoms with Crippen LogP contribution in [0.2, 0.25) is 0 Å². The zero-order valence-corrected chi connectivity index (χ0v) is 11.6. The van der Waals surface area contributed by atoms with Gasteiger partial charge in [0.25, 0.3) is 0 Å². The van der Waals surface area contributed by atoms with Gasteiger partial charge in [0.2, 0.25) is 5.91 Å². The number of nitrogens with zero attached hydrogens (tertiary/aromatic N) is 1. The quantitative estimate of drug-likeness (QED) is 0.604. The van der Waals surface area contributed by atoms with Gasteiger partial charge >= 0.3 is 0 Å². The van der Waals surface area contributed by atoms with Gasteiger partial charge in [0.15, 0.2) is 0 Å². The minimum Gasteiger partial charge on any atom is -0.342 e. The van der Waals surface area contributed by atoms with E-state index < -0.39 is 0 Å². The van der Waals surface area contributed by atoms with Crippen molar-refractivity contribution in [3.8, 4) is 0 Å². The molecule has 1 fully saturated rings. The SMILES string of the molecule is CN(C(=O)CNCCSc1ccccc1)C1CC1. The smallest absolute Gasteiger partial charge is 0.236 e. The molecule has 1 aromatic rings. The van der Waals surface area contributed by atoms with Crippen molar-refractivity contribution in [3.63, 3.8) is 0 Å². The van der Waals surface area contributed by atoms with E-state index in [1.165, 1.54) is 17.7 Å². The molecule has 1 aromatic carbocycles. The van der Waals surface area contributed by atoms with Crippen LogP contribution in [0.25, 0.3) is 0 Å². The lowest BCUT2D eigenvalue weighted by molar-refractivity contribution is -0.129. The number of hydrogen-bond donors (Lipinski definition) is 1. The number of nitrogens with one attached hydrogen (secondary N) is 1. The molecule has 1 N–H and O–H groups in total. The van der Waals surface area contributed by atoms with Crippen LogP contribution < -0.4 is 5.32 Å². The standard InChI is InChI=1S/C14H20N2OS/c1-16(12-7-8-12)14(17)11-15-9-10-18-13-5-3-2-4-6-13/h2-6,12,15H,7-11H2,1H3. The molecule has 1 aliphatic carbocycles. The first-order chi connectivity index (χ1) is 8.77. The van der Waals surface area contributed by atoms with Gasteiger partial charge in [-0.05, 0) is 25.0 Å². The Morgan fingerprint density at radius 2 is 2.11 bits per heavy atom. The summed E-state index contributed by atoms with van der Waals surface area (Å²) >= 11 is 1.81. The van der Waals surface area contributed by atoms with Crippen LogP contribution in [0.5, 0.6) is 0 Å². The monoisotopic (exact) mass is 264 g/mol. The Balaban J connectivity index is 1.54. The van der Waals surface area contributed by atoms with Gasteiger partial charge in [0.05, 0.1) is 6.54 Å². The lowest BCUT2D eigenvalue weighted by Gasteiger charge is -2.16. The predicted octanol–water partition coefficient (Wildman–Crippen LogP) is 1.99. The fourth-order valence-corrected chi connectivity index (χ4v) is 2.57. The molecule has 0 bridgehead atoms. The van der Waals surface area contributed by atoms with Gasteiger partial charge in [0, 0.05) is 30.3 Å². The van der Waals surface area contributed by atoms with E-state index in [0.717, 1.165) is 12.3 Å². The Morgan fingerprint density at radius 3 is 2.78 bits per heavy atom. The molecule has 1 amide bonds. The molecule has 4 heteroatoms. The molecule has 0 unspecified atom stereocenters. The average molecular weight is 264 g/mol. The van der Waals surface area contributed by atoms with Crippen LogP contribution in [-0.4, -0.2) is 42.7 Å². The molecule has 2 rings (SSSR count). The minimum absolute atomic E-state index is 0.210. The fraction of sp³-hybridized carbons (Fsp3) is 0.500. The van der Waals surface area contributed by atoms with Crippen molar-refractivity contribution in [1.82, 2.24) is 10.2 Å². The topological polar surface area (TPSA) is 32.3 Å². The summed E-state index contributed by atoms with van der Waals surface area (Å²) in [4.78, 5) is 14.9. The Kier molecular flexibility index (Phi) is 5.08. The number of thioether (sulfide) groups is 1. The Morgan fingerprint density at radius 1 is 1.39 bits per heavy atom. The highest BCUT2D eigenvalue weighted by atomic mass is 32.2. The minimum atomic E-state index is 0.210. The van der Waals surface area contributed by atoms with Crippen molar-refractivity contribution >= 4 is 17.7 Å². The van der Waals surface area contributed by atoms with Gasteiger partial charge in [0.1, 0.15) is 0 Å². The highest BCUT2D eigenvalue weighted by molar-refractivity contribution is 7.99. The van der Waals surface area contributed by atoms with E-state index in [-0.39, 0.29) is 5.91 Å². The van der Waals surface area contributed by atoms with Crippen molar-refractivity contribution in [1.29, 1.82) is 0 Å². The van der Waals surface area contributed by atoms with E-state index in [9.17, 15) is 4.79 Å². The molecule has 3 nitrogen and oxygen atoms in total. The zero-order valence-electron chi connectivity index (χ0n) is 10.8. The van der Waals surface area contributed by atoms with Gasteiger partial charge in [-0.15, -0.1) is 11.8 Å². The molecule has 1 aliphatic rings. The molecule has 0 aliphatic heterocycles. The van der Waals surface area contributed by atoms with Crippen LogP contribution in [0, 0.1) is 0 Å². The number of benzene rings is 1. The normalized spacial score (nSPS) is 14.5. The molecular formula is C14H20N2OS. The van der Waals surface area contributed by atoms with Crippen molar-refractivity contribution < 1.29 is 4.79 Å². The summed E-state index contributed by atoms with van der Waals surface area (Å²) in [6.45, 7) is 1.33. The highest BCUT2D eigenvalue weighted by Crippen LogP contribution is 2.25. The number of hydrogen-bond acceptors (Lipinski definition) is 3. The van der Waals surface area contributed by atoms with Gasteiger partial charge in [-0.2, -0.15) is 0 Å². The van der Waals surface area contributed by atoms with Gasteiger partial charge in [-0.3, -0.25) is 4.79 Å². The molecule has 1 saturated carbocycles. The summed E-state index contributed by atoms with van der Waals surface area (Å²) in [5, 5.41) is 3.21. The van der Waals surface area contributed by atoms with Crippen LogP contribution >= 0.6 is 11.8 Å². The van der Waals surface area contributed by atoms with Gasteiger partial charge in [-0.1, -0.05) is 18.2 Å². The number of carbonyl (C=O) groups is 1. The van der Waals surface area contributed by atoms with Crippen molar-refractivity contribution in [2.24, 2.45) is 0 Å². The number of likely N-dealkylation sites (N-methyl/N-ethyl adjacent to an activating group) is 1. The lowest BCUT2D eigenvalue weighted by Crippen LogP contribution is -2.37. The second-order valence-electron chi connectivity index (χ2n) is 4.57. The first-order valence-corrected chi connectivity index (χ1v) is 7.40. The van der Waals surface area contributed by atoms with Crippen LogP contribution in [0.3, 0.4) is 0 Å². The summed E-state index contributed by atoms with van der Waals surface area (Å²) < 4.78 is 0. The molecule has 0 atom stereocenters. The van der Waals surface area contributed by atoms with Crippen LogP contribution in [0.15, 0.2) is 35.2 Å². The summed E-state index contributed by atoms with van der Waals surface area (Å²) in [6.07, 6.45) is 2.35. The molecule has 98 valence electrons. The maximum absolute atomic E-state index is 11.7.